The van der Waals surface area contributed by atoms with Gasteiger partial charge in [0, 0.05) is 17.3 Å². The van der Waals surface area contributed by atoms with Crippen LogP contribution < -0.4 is 0 Å². The van der Waals surface area contributed by atoms with Crippen molar-refractivity contribution >= 4 is 33.8 Å². The Kier molecular flexibility index (Phi) is 6.94. The number of esters is 1. The second-order valence-electron chi connectivity index (χ2n) is 4.95. The predicted octanol–water partition coefficient (Wildman–Crippen LogP) is 3.44. The third kappa shape index (κ3) is 5.44. The fourth-order valence-corrected chi connectivity index (χ4v) is 3.10. The van der Waals surface area contributed by atoms with E-state index in [1.54, 1.807) is 49.4 Å². The molecular formula is C18H17ClN2O4S. The van der Waals surface area contributed by atoms with E-state index in [2.05, 4.69) is 5.10 Å². The van der Waals surface area contributed by atoms with Crippen LogP contribution in [0, 0.1) is 0 Å². The number of ether oxygens (including phenoxy) is 1. The van der Waals surface area contributed by atoms with Crippen molar-refractivity contribution in [3.63, 3.8) is 0 Å². The van der Waals surface area contributed by atoms with Crippen LogP contribution >= 0.6 is 11.6 Å². The molecule has 0 unspecified atom stereocenters. The van der Waals surface area contributed by atoms with E-state index in [4.69, 9.17) is 16.3 Å². The summed E-state index contributed by atoms with van der Waals surface area (Å²) in [6.07, 6.45) is 3.41. The van der Waals surface area contributed by atoms with Crippen molar-refractivity contribution < 1.29 is 17.9 Å². The molecule has 136 valence electrons. The van der Waals surface area contributed by atoms with Gasteiger partial charge in [-0.2, -0.15) is 17.9 Å². The summed E-state index contributed by atoms with van der Waals surface area (Å²) in [4.78, 5) is 11.6. The molecule has 0 aliphatic carbocycles. The maximum absolute atomic E-state index is 12.8. The summed E-state index contributed by atoms with van der Waals surface area (Å²) in [6, 6.07) is 14.5. The van der Waals surface area contributed by atoms with E-state index >= 15 is 0 Å². The van der Waals surface area contributed by atoms with Gasteiger partial charge in [-0.25, -0.2) is 4.79 Å². The van der Waals surface area contributed by atoms with Gasteiger partial charge in [0.25, 0.3) is 10.0 Å². The number of benzene rings is 2. The Morgan fingerprint density at radius 2 is 1.81 bits per heavy atom. The van der Waals surface area contributed by atoms with Crippen LogP contribution in [0.3, 0.4) is 0 Å². The lowest BCUT2D eigenvalue weighted by atomic mass is 10.2. The number of nitrogens with zero attached hydrogens (tertiary/aromatic N) is 2. The first-order valence-corrected chi connectivity index (χ1v) is 9.49. The van der Waals surface area contributed by atoms with Crippen LogP contribution in [0.15, 0.2) is 76.9 Å². The Morgan fingerprint density at radius 1 is 1.15 bits per heavy atom. The highest BCUT2D eigenvalue weighted by atomic mass is 35.5. The summed E-state index contributed by atoms with van der Waals surface area (Å²) >= 11 is 5.83. The van der Waals surface area contributed by atoms with E-state index < -0.39 is 16.0 Å². The van der Waals surface area contributed by atoms with Crippen molar-refractivity contribution in [3.8, 4) is 0 Å². The molecule has 2 aromatic rings. The van der Waals surface area contributed by atoms with Crippen LogP contribution in [0.25, 0.3) is 0 Å². The normalized spacial score (nSPS) is 11.8. The standard InChI is InChI=1S/C18H17ClN2O4S/c1-2-25-18(22)12-13-21(20-14-15-8-10-16(19)11-9-15)26(23,24)17-6-4-3-5-7-17/h3-14H,2H2,1H3/b13-12+,20-14+. The molecular weight excluding hydrogens is 376 g/mol. The number of hydrazone groups is 1. The highest BCUT2D eigenvalue weighted by Crippen LogP contribution is 2.16. The number of carbonyl (C=O) groups is 1. The Balaban J connectivity index is 2.35. The number of sulfonamides is 1. The van der Waals surface area contributed by atoms with E-state index in [1.165, 1.54) is 18.3 Å². The number of carbonyl (C=O) groups excluding carboxylic acids is 1. The highest BCUT2D eigenvalue weighted by molar-refractivity contribution is 7.89. The van der Waals surface area contributed by atoms with E-state index in [0.717, 1.165) is 12.3 Å². The van der Waals surface area contributed by atoms with Gasteiger partial charge in [0.15, 0.2) is 0 Å². The number of hydrogen-bond acceptors (Lipinski definition) is 5. The molecule has 0 fully saturated rings. The van der Waals surface area contributed by atoms with Gasteiger partial charge in [-0.1, -0.05) is 41.9 Å². The van der Waals surface area contributed by atoms with Crippen LogP contribution in [0.1, 0.15) is 12.5 Å². The summed E-state index contributed by atoms with van der Waals surface area (Å²) in [7, 11) is -3.98. The van der Waals surface area contributed by atoms with Gasteiger partial charge in [0.05, 0.1) is 17.7 Å². The maximum Gasteiger partial charge on any atom is 0.332 e. The lowest BCUT2D eigenvalue weighted by molar-refractivity contribution is -0.137. The Labute approximate surface area is 157 Å². The minimum atomic E-state index is -3.98. The van der Waals surface area contributed by atoms with Gasteiger partial charge in [0.1, 0.15) is 0 Å². The molecule has 0 aromatic heterocycles. The monoisotopic (exact) mass is 392 g/mol. The summed E-state index contributed by atoms with van der Waals surface area (Å²) in [5.41, 5.74) is 0.646. The van der Waals surface area contributed by atoms with Gasteiger partial charge in [-0.05, 0) is 36.8 Å². The largest absolute Gasteiger partial charge is 0.463 e. The zero-order valence-electron chi connectivity index (χ0n) is 13.9. The number of hydrogen-bond donors (Lipinski definition) is 0. The molecule has 0 radical (unpaired) electrons. The second-order valence-corrected chi connectivity index (χ2v) is 7.19. The van der Waals surface area contributed by atoms with E-state index in [-0.39, 0.29) is 11.5 Å². The molecule has 0 N–H and O–H groups in total. The molecule has 0 bridgehead atoms. The van der Waals surface area contributed by atoms with Crippen molar-refractivity contribution in [1.82, 2.24) is 4.41 Å². The average molecular weight is 393 g/mol. The van der Waals surface area contributed by atoms with Crippen LogP contribution in [0.4, 0.5) is 0 Å². The van der Waals surface area contributed by atoms with Crippen molar-refractivity contribution in [2.45, 2.75) is 11.8 Å². The van der Waals surface area contributed by atoms with Gasteiger partial charge in [-0.15, -0.1) is 0 Å². The van der Waals surface area contributed by atoms with Gasteiger partial charge in [0.2, 0.25) is 0 Å². The molecule has 8 heteroatoms. The predicted molar refractivity (Wildman–Crippen MR) is 100 cm³/mol. The summed E-state index contributed by atoms with van der Waals surface area (Å²) < 4.78 is 31.0. The molecule has 0 atom stereocenters. The van der Waals surface area contributed by atoms with Crippen molar-refractivity contribution in [2.75, 3.05) is 6.61 Å². The Morgan fingerprint density at radius 3 is 2.42 bits per heavy atom. The topological polar surface area (TPSA) is 76.0 Å². The smallest absolute Gasteiger partial charge is 0.332 e. The maximum atomic E-state index is 12.8. The van der Waals surface area contributed by atoms with Crippen molar-refractivity contribution in [2.24, 2.45) is 5.10 Å². The minimum Gasteiger partial charge on any atom is -0.463 e. The molecule has 0 saturated carbocycles. The quantitative estimate of drug-likeness (QED) is 0.313. The first kappa shape index (κ1) is 19.7. The van der Waals surface area contributed by atoms with Crippen LogP contribution in [-0.4, -0.2) is 31.6 Å². The van der Waals surface area contributed by atoms with Crippen molar-refractivity contribution in [1.29, 1.82) is 0 Å². The minimum absolute atomic E-state index is 0.0433. The molecule has 0 amide bonds. The third-order valence-corrected chi connectivity index (χ3v) is 4.93. The first-order valence-electron chi connectivity index (χ1n) is 7.67. The zero-order valence-corrected chi connectivity index (χ0v) is 15.5. The molecule has 26 heavy (non-hydrogen) atoms. The third-order valence-electron chi connectivity index (χ3n) is 3.10. The first-order chi connectivity index (χ1) is 12.4. The van der Waals surface area contributed by atoms with E-state index in [9.17, 15) is 13.2 Å². The lowest BCUT2D eigenvalue weighted by Gasteiger charge is -2.14. The summed E-state index contributed by atoms with van der Waals surface area (Å²) in [5, 5.41) is 4.54. The second kappa shape index (κ2) is 9.17. The van der Waals surface area contributed by atoms with Crippen LogP contribution in [0.5, 0.6) is 0 Å². The molecule has 0 aliphatic heterocycles. The zero-order chi connectivity index (χ0) is 19.0. The molecule has 2 rings (SSSR count). The Hall–Kier alpha value is -2.64. The van der Waals surface area contributed by atoms with Crippen LogP contribution in [0.2, 0.25) is 5.02 Å². The molecule has 0 spiro atoms. The molecule has 0 saturated heterocycles. The molecule has 2 aromatic carbocycles. The van der Waals surface area contributed by atoms with Gasteiger partial charge in [-0.3, -0.25) is 0 Å². The van der Waals surface area contributed by atoms with Gasteiger partial charge < -0.3 is 4.74 Å². The molecule has 6 nitrogen and oxygen atoms in total. The molecule has 0 aliphatic rings. The van der Waals surface area contributed by atoms with Crippen molar-refractivity contribution in [3.05, 3.63) is 77.5 Å². The summed E-state index contributed by atoms with van der Waals surface area (Å²) in [6.45, 7) is 1.84. The average Bonchev–Trinajstić information content (AvgIpc) is 2.64. The molecule has 0 heterocycles. The van der Waals surface area contributed by atoms with Crippen LogP contribution in [-0.2, 0) is 19.6 Å². The number of rotatable bonds is 7. The SMILES string of the molecule is CCOC(=O)/C=C/N(/N=C/c1ccc(Cl)cc1)S(=O)(=O)c1ccccc1. The van der Waals surface area contributed by atoms with E-state index in [0.29, 0.717) is 15.0 Å². The van der Waals surface area contributed by atoms with Gasteiger partial charge >= 0.3 is 5.97 Å². The highest BCUT2D eigenvalue weighted by Gasteiger charge is 2.21. The van der Waals surface area contributed by atoms with E-state index in [1.807, 2.05) is 0 Å². The number of halogens is 1. The lowest BCUT2D eigenvalue weighted by Crippen LogP contribution is -2.21. The summed E-state index contributed by atoms with van der Waals surface area (Å²) in [5.74, 6) is -0.664. The Bertz CT molecular complexity index is 895. The fourth-order valence-electron chi connectivity index (χ4n) is 1.87. The fraction of sp³-hybridized carbons (Fsp3) is 0.111.